The van der Waals surface area contributed by atoms with Crippen molar-refractivity contribution in [2.24, 2.45) is 5.92 Å². The Morgan fingerprint density at radius 3 is 2.65 bits per heavy atom. The van der Waals surface area contributed by atoms with Crippen LogP contribution >= 0.6 is 11.6 Å². The van der Waals surface area contributed by atoms with Gasteiger partial charge in [-0.1, -0.05) is 23.7 Å². The first-order chi connectivity index (χ1) is 12.5. The summed E-state index contributed by atoms with van der Waals surface area (Å²) in [4.78, 5) is 6.90. The van der Waals surface area contributed by atoms with Gasteiger partial charge in [-0.15, -0.1) is 0 Å². The predicted molar refractivity (Wildman–Crippen MR) is 95.5 cm³/mol. The van der Waals surface area contributed by atoms with Crippen LogP contribution in [0.1, 0.15) is 24.1 Å². The minimum Gasteiger partial charge on any atom is -0.390 e. The molecule has 0 unspecified atom stereocenters. The Kier molecular flexibility index (Phi) is 4.32. The number of aliphatic hydroxyl groups is 3. The highest BCUT2D eigenvalue weighted by Gasteiger charge is 2.46. The number of aromatic nitrogens is 3. The van der Waals surface area contributed by atoms with Gasteiger partial charge in [0.05, 0.1) is 30.0 Å². The number of H-pyrrole nitrogens is 1. The Hall–Kier alpha value is -2.19. The predicted octanol–water partition coefficient (Wildman–Crippen LogP) is 1.51. The lowest BCUT2D eigenvalue weighted by Gasteiger charge is -2.22. The number of rotatable bonds is 3. The van der Waals surface area contributed by atoms with Crippen LogP contribution < -0.4 is 5.49 Å². The van der Waals surface area contributed by atoms with Crippen molar-refractivity contribution >= 4 is 22.6 Å². The Bertz CT molecular complexity index is 984. The number of hydrogen-bond donors (Lipinski definition) is 5. The zero-order chi connectivity index (χ0) is 18.4. The highest BCUT2D eigenvalue weighted by Crippen LogP contribution is 2.42. The lowest BCUT2D eigenvalue weighted by atomic mass is 9.92. The summed E-state index contributed by atoms with van der Waals surface area (Å²) in [5.41, 5.74) is 1.44. The number of fused-ring (bicyclic) bond motifs is 1. The summed E-state index contributed by atoms with van der Waals surface area (Å²) in [7, 11) is 0. The van der Waals surface area contributed by atoms with E-state index in [0.29, 0.717) is 28.0 Å². The number of nitrogens with zero attached hydrogens (tertiary/aromatic N) is 2. The average molecular weight is 375 g/mol. The molecule has 1 aliphatic carbocycles. The van der Waals surface area contributed by atoms with Crippen LogP contribution in [0.4, 0.5) is 0 Å². The van der Waals surface area contributed by atoms with Gasteiger partial charge in [-0.3, -0.25) is 5.41 Å². The maximum atomic E-state index is 10.7. The van der Waals surface area contributed by atoms with Gasteiger partial charge in [0, 0.05) is 17.1 Å². The Balaban J connectivity index is 1.66. The van der Waals surface area contributed by atoms with Crippen LogP contribution in [0.25, 0.3) is 11.0 Å². The van der Waals surface area contributed by atoms with E-state index >= 15 is 0 Å². The molecule has 1 aliphatic rings. The van der Waals surface area contributed by atoms with Crippen LogP contribution in [0.3, 0.4) is 0 Å². The molecule has 0 saturated heterocycles. The largest absolute Gasteiger partial charge is 0.390 e. The molecule has 0 aliphatic heterocycles. The van der Waals surface area contributed by atoms with Crippen molar-refractivity contribution in [1.82, 2.24) is 14.5 Å². The van der Waals surface area contributed by atoms with E-state index < -0.39 is 30.3 Å². The molecule has 2 heterocycles. The van der Waals surface area contributed by atoms with Crippen LogP contribution in [-0.4, -0.2) is 42.1 Å². The summed E-state index contributed by atoms with van der Waals surface area (Å²) >= 11 is 5.89. The molecule has 8 heteroatoms. The molecule has 0 spiro atoms. The van der Waals surface area contributed by atoms with Crippen molar-refractivity contribution in [3.63, 3.8) is 0 Å². The van der Waals surface area contributed by atoms with Crippen LogP contribution in [-0.2, 0) is 0 Å². The average Bonchev–Trinajstić information content (AvgIpc) is 3.18. The van der Waals surface area contributed by atoms with Gasteiger partial charge in [0.25, 0.3) is 0 Å². The van der Waals surface area contributed by atoms with Crippen LogP contribution in [0.2, 0.25) is 5.02 Å². The Labute approximate surface area is 154 Å². The monoisotopic (exact) mass is 374 g/mol. The van der Waals surface area contributed by atoms with Gasteiger partial charge in [0.15, 0.2) is 5.49 Å². The van der Waals surface area contributed by atoms with Gasteiger partial charge < -0.3 is 24.9 Å². The molecule has 26 heavy (non-hydrogen) atoms. The van der Waals surface area contributed by atoms with Crippen molar-refractivity contribution in [3.8, 4) is 0 Å². The van der Waals surface area contributed by atoms with Gasteiger partial charge >= 0.3 is 0 Å². The van der Waals surface area contributed by atoms with Crippen molar-refractivity contribution in [3.05, 3.63) is 58.9 Å². The smallest absolute Gasteiger partial charge is 0.157 e. The highest BCUT2D eigenvalue weighted by molar-refractivity contribution is 6.30. The molecule has 7 nitrogen and oxygen atoms in total. The van der Waals surface area contributed by atoms with Gasteiger partial charge in [0.2, 0.25) is 0 Å². The third-order valence-electron chi connectivity index (χ3n) is 5.24. The summed E-state index contributed by atoms with van der Waals surface area (Å²) < 4.78 is 1.80. The molecular weight excluding hydrogens is 356 g/mol. The molecule has 0 bridgehead atoms. The molecule has 5 atom stereocenters. The third kappa shape index (κ3) is 2.73. The molecule has 136 valence electrons. The first-order valence-electron chi connectivity index (χ1n) is 8.36. The SMILES string of the molecule is N=c1nc[nH]c2c1ccn2[C@@H]1C[C@H]([C@@H](O)c2ccc(Cl)cc2)[C@@H](O)[C@H]1O. The zero-order valence-electron chi connectivity index (χ0n) is 13.7. The van der Waals surface area contributed by atoms with Gasteiger partial charge in [-0.2, -0.15) is 0 Å². The minimum absolute atomic E-state index is 0.142. The molecule has 1 fully saturated rings. The van der Waals surface area contributed by atoms with E-state index in [0.717, 1.165) is 0 Å². The maximum absolute atomic E-state index is 10.7. The van der Waals surface area contributed by atoms with E-state index in [1.54, 1.807) is 41.1 Å². The summed E-state index contributed by atoms with van der Waals surface area (Å²) in [6, 6.07) is 8.14. The summed E-state index contributed by atoms with van der Waals surface area (Å²) in [5.74, 6) is -0.522. The minimum atomic E-state index is -1.07. The number of halogens is 1. The van der Waals surface area contributed by atoms with Gasteiger partial charge in [-0.25, -0.2) is 4.98 Å². The van der Waals surface area contributed by atoms with Crippen molar-refractivity contribution in [2.75, 3.05) is 0 Å². The van der Waals surface area contributed by atoms with E-state index in [-0.39, 0.29) is 5.49 Å². The van der Waals surface area contributed by atoms with Crippen molar-refractivity contribution in [1.29, 1.82) is 5.41 Å². The van der Waals surface area contributed by atoms with Gasteiger partial charge in [-0.05, 0) is 30.2 Å². The van der Waals surface area contributed by atoms with Crippen molar-refractivity contribution < 1.29 is 15.3 Å². The van der Waals surface area contributed by atoms with E-state index in [2.05, 4.69) is 9.97 Å². The van der Waals surface area contributed by atoms with Gasteiger partial charge in [0.1, 0.15) is 11.8 Å². The summed E-state index contributed by atoms with van der Waals surface area (Å²) in [6.07, 6.45) is 0.562. The normalized spacial score (nSPS) is 27.1. The second kappa shape index (κ2) is 6.51. The molecule has 0 radical (unpaired) electrons. The molecule has 3 aromatic rings. The zero-order valence-corrected chi connectivity index (χ0v) is 14.5. The van der Waals surface area contributed by atoms with Crippen LogP contribution in [0.5, 0.6) is 0 Å². The number of aromatic amines is 1. The van der Waals surface area contributed by atoms with Crippen molar-refractivity contribution in [2.45, 2.75) is 30.8 Å². The molecular formula is C18H19ClN4O3. The second-order valence-electron chi connectivity index (χ2n) is 6.68. The number of benzene rings is 1. The number of nitrogens with one attached hydrogen (secondary N) is 2. The molecule has 0 amide bonds. The van der Waals surface area contributed by atoms with E-state index in [9.17, 15) is 15.3 Å². The molecule has 1 aromatic carbocycles. The quantitative estimate of drug-likeness (QED) is 0.477. The Morgan fingerprint density at radius 1 is 1.19 bits per heavy atom. The van der Waals surface area contributed by atoms with E-state index in [4.69, 9.17) is 17.0 Å². The number of aliphatic hydroxyl groups excluding tert-OH is 3. The Morgan fingerprint density at radius 2 is 1.92 bits per heavy atom. The highest BCUT2D eigenvalue weighted by atomic mass is 35.5. The molecule has 2 aromatic heterocycles. The summed E-state index contributed by atoms with van der Waals surface area (Å²) in [6.45, 7) is 0. The number of hydrogen-bond acceptors (Lipinski definition) is 5. The molecule has 1 saturated carbocycles. The third-order valence-corrected chi connectivity index (χ3v) is 5.49. The van der Waals surface area contributed by atoms with E-state index in [1.807, 2.05) is 0 Å². The molecule has 5 N–H and O–H groups in total. The fourth-order valence-electron chi connectivity index (χ4n) is 3.83. The lowest BCUT2D eigenvalue weighted by Crippen LogP contribution is -2.31. The van der Waals surface area contributed by atoms with E-state index in [1.165, 1.54) is 6.33 Å². The van der Waals surface area contributed by atoms with Crippen LogP contribution in [0.15, 0.2) is 42.9 Å². The van der Waals surface area contributed by atoms with Crippen LogP contribution in [0, 0.1) is 11.3 Å². The first-order valence-corrected chi connectivity index (χ1v) is 8.73. The fraction of sp³-hybridized carbons (Fsp3) is 0.333. The fourth-order valence-corrected chi connectivity index (χ4v) is 3.96. The summed E-state index contributed by atoms with van der Waals surface area (Å²) in [5, 5.41) is 40.9. The second-order valence-corrected chi connectivity index (χ2v) is 7.12. The topological polar surface area (TPSA) is 118 Å². The maximum Gasteiger partial charge on any atom is 0.157 e. The lowest BCUT2D eigenvalue weighted by molar-refractivity contribution is -0.0264. The first kappa shape index (κ1) is 17.2. The standard InChI is InChI=1S/C18H19ClN4O3/c19-10-3-1-9(2-4-10)14(24)12-7-13(16(26)15(12)25)23-6-5-11-17(20)21-8-22-18(11)23/h1-6,8,12-16,24-26H,7H2,(H2,20,21,22)/t12-,13-,14+,15-,16+/m1/s1. The molecule has 4 rings (SSSR count).